The van der Waals surface area contributed by atoms with Crippen LogP contribution in [-0.2, 0) is 10.9 Å². The van der Waals surface area contributed by atoms with Gasteiger partial charge in [0.05, 0.1) is 17.7 Å². The van der Waals surface area contributed by atoms with Crippen LogP contribution < -0.4 is 5.73 Å². The minimum absolute atomic E-state index is 0.225. The summed E-state index contributed by atoms with van der Waals surface area (Å²) >= 11 is 0. The quantitative estimate of drug-likeness (QED) is 0.887. The molecule has 0 fully saturated rings. The van der Waals surface area contributed by atoms with E-state index in [0.29, 0.717) is 12.2 Å². The molecule has 0 bridgehead atoms. The molecule has 0 aliphatic rings. The second kappa shape index (κ2) is 5.51. The lowest BCUT2D eigenvalue weighted by atomic mass is 10.0. The molecule has 17 heavy (non-hydrogen) atoms. The number of alkyl halides is 3. The average molecular weight is 247 g/mol. The Kier molecular flexibility index (Phi) is 4.54. The van der Waals surface area contributed by atoms with Gasteiger partial charge in [0.25, 0.3) is 0 Å². The molecule has 1 aromatic carbocycles. The second-order valence-electron chi connectivity index (χ2n) is 3.81. The van der Waals surface area contributed by atoms with E-state index in [1.165, 1.54) is 12.1 Å². The first-order valence-electron chi connectivity index (χ1n) is 5.40. The van der Waals surface area contributed by atoms with Gasteiger partial charge in [-0.25, -0.2) is 0 Å². The van der Waals surface area contributed by atoms with Crippen LogP contribution >= 0.6 is 0 Å². The van der Waals surface area contributed by atoms with E-state index in [-0.39, 0.29) is 6.10 Å². The summed E-state index contributed by atoms with van der Waals surface area (Å²) < 4.78 is 42.3. The minimum atomic E-state index is -4.31. The first-order valence-corrected chi connectivity index (χ1v) is 5.40. The molecular weight excluding hydrogens is 231 g/mol. The maximum Gasteiger partial charge on any atom is 0.416 e. The standard InChI is InChI=1S/C12H16F3NO/c1-3-17-8(2)11(16)9-4-6-10(7-5-9)12(13,14)15/h4-8,11H,3,16H2,1-2H3. The van der Waals surface area contributed by atoms with Crippen molar-refractivity contribution in [3.05, 3.63) is 35.4 Å². The van der Waals surface area contributed by atoms with Gasteiger partial charge in [-0.3, -0.25) is 0 Å². The van der Waals surface area contributed by atoms with Gasteiger partial charge in [-0.2, -0.15) is 13.2 Å². The maximum absolute atomic E-state index is 12.3. The summed E-state index contributed by atoms with van der Waals surface area (Å²) in [6.45, 7) is 4.16. The molecule has 0 amide bonds. The van der Waals surface area contributed by atoms with Crippen LogP contribution in [0.5, 0.6) is 0 Å². The van der Waals surface area contributed by atoms with Gasteiger partial charge >= 0.3 is 6.18 Å². The highest BCUT2D eigenvalue weighted by Crippen LogP contribution is 2.30. The first-order chi connectivity index (χ1) is 7.86. The van der Waals surface area contributed by atoms with Crippen LogP contribution in [-0.4, -0.2) is 12.7 Å². The lowest BCUT2D eigenvalue weighted by Gasteiger charge is -2.20. The van der Waals surface area contributed by atoms with Gasteiger partial charge in [0.15, 0.2) is 0 Å². The largest absolute Gasteiger partial charge is 0.416 e. The van der Waals surface area contributed by atoms with Gasteiger partial charge in [0.1, 0.15) is 0 Å². The summed E-state index contributed by atoms with van der Waals surface area (Å²) in [6, 6.07) is 4.44. The van der Waals surface area contributed by atoms with Crippen molar-refractivity contribution in [2.24, 2.45) is 5.73 Å². The summed E-state index contributed by atoms with van der Waals surface area (Å²) in [5.41, 5.74) is 5.85. The summed E-state index contributed by atoms with van der Waals surface area (Å²) in [5.74, 6) is 0. The van der Waals surface area contributed by atoms with Crippen molar-refractivity contribution in [3.8, 4) is 0 Å². The summed E-state index contributed by atoms with van der Waals surface area (Å²) in [5, 5.41) is 0. The summed E-state index contributed by atoms with van der Waals surface area (Å²) in [7, 11) is 0. The van der Waals surface area contributed by atoms with Crippen LogP contribution in [0.3, 0.4) is 0 Å². The zero-order valence-electron chi connectivity index (χ0n) is 9.79. The van der Waals surface area contributed by atoms with Crippen LogP contribution in [0.2, 0.25) is 0 Å². The molecule has 0 aliphatic carbocycles. The molecule has 0 radical (unpaired) electrons. The third kappa shape index (κ3) is 3.71. The molecule has 0 saturated heterocycles. The lowest BCUT2D eigenvalue weighted by molar-refractivity contribution is -0.137. The molecule has 2 unspecified atom stereocenters. The molecule has 2 nitrogen and oxygen atoms in total. The number of hydrogen-bond acceptors (Lipinski definition) is 2. The van der Waals surface area contributed by atoms with Crippen LogP contribution in [0, 0.1) is 0 Å². The fourth-order valence-electron chi connectivity index (χ4n) is 1.53. The molecule has 0 heterocycles. The van der Waals surface area contributed by atoms with Gasteiger partial charge in [0.2, 0.25) is 0 Å². The van der Waals surface area contributed by atoms with E-state index in [9.17, 15) is 13.2 Å². The number of nitrogens with two attached hydrogens (primary N) is 1. The third-order valence-electron chi connectivity index (χ3n) is 2.56. The predicted octanol–water partition coefficient (Wildman–Crippen LogP) is 3.13. The molecule has 0 aliphatic heterocycles. The van der Waals surface area contributed by atoms with E-state index in [4.69, 9.17) is 10.5 Å². The van der Waals surface area contributed by atoms with Crippen LogP contribution in [0.1, 0.15) is 31.0 Å². The minimum Gasteiger partial charge on any atom is -0.377 e. The zero-order valence-corrected chi connectivity index (χ0v) is 9.79. The Labute approximate surface area is 98.6 Å². The normalized spacial score (nSPS) is 15.6. The van der Waals surface area contributed by atoms with Gasteiger partial charge < -0.3 is 10.5 Å². The number of rotatable bonds is 4. The predicted molar refractivity (Wildman–Crippen MR) is 59.5 cm³/mol. The van der Waals surface area contributed by atoms with Crippen molar-refractivity contribution < 1.29 is 17.9 Å². The fraction of sp³-hybridized carbons (Fsp3) is 0.500. The molecule has 96 valence electrons. The van der Waals surface area contributed by atoms with E-state index in [1.54, 1.807) is 6.92 Å². The fourth-order valence-corrected chi connectivity index (χ4v) is 1.53. The molecule has 2 N–H and O–H groups in total. The van der Waals surface area contributed by atoms with Crippen molar-refractivity contribution >= 4 is 0 Å². The number of hydrogen-bond donors (Lipinski definition) is 1. The molecule has 1 aromatic rings. The van der Waals surface area contributed by atoms with E-state index in [2.05, 4.69) is 0 Å². The molecule has 0 saturated carbocycles. The van der Waals surface area contributed by atoms with Gasteiger partial charge in [0, 0.05) is 6.61 Å². The highest BCUT2D eigenvalue weighted by atomic mass is 19.4. The molecule has 0 aromatic heterocycles. The Hall–Kier alpha value is -1.07. The number of benzene rings is 1. The highest BCUT2D eigenvalue weighted by molar-refractivity contribution is 5.27. The van der Waals surface area contributed by atoms with E-state index in [0.717, 1.165) is 12.1 Å². The Morgan fingerprint density at radius 2 is 1.76 bits per heavy atom. The van der Waals surface area contributed by atoms with Crippen LogP contribution in [0.4, 0.5) is 13.2 Å². The van der Waals surface area contributed by atoms with Crippen molar-refractivity contribution in [2.75, 3.05) is 6.61 Å². The van der Waals surface area contributed by atoms with E-state index < -0.39 is 17.8 Å². The van der Waals surface area contributed by atoms with E-state index >= 15 is 0 Å². The molecule has 2 atom stereocenters. The number of halogens is 3. The summed E-state index contributed by atoms with van der Waals surface area (Å²) in [6.07, 6.45) is -4.54. The Balaban J connectivity index is 2.80. The zero-order chi connectivity index (χ0) is 13.1. The smallest absolute Gasteiger partial charge is 0.377 e. The molecule has 0 spiro atoms. The lowest BCUT2D eigenvalue weighted by Crippen LogP contribution is -2.26. The highest BCUT2D eigenvalue weighted by Gasteiger charge is 2.30. The van der Waals surface area contributed by atoms with Crippen LogP contribution in [0.25, 0.3) is 0 Å². The topological polar surface area (TPSA) is 35.2 Å². The molecule has 1 rings (SSSR count). The van der Waals surface area contributed by atoms with Crippen molar-refractivity contribution in [1.29, 1.82) is 0 Å². The maximum atomic E-state index is 12.3. The third-order valence-corrected chi connectivity index (χ3v) is 2.56. The van der Waals surface area contributed by atoms with Gasteiger partial charge in [-0.05, 0) is 31.5 Å². The van der Waals surface area contributed by atoms with Crippen molar-refractivity contribution in [2.45, 2.75) is 32.2 Å². The Morgan fingerprint density at radius 3 is 2.18 bits per heavy atom. The average Bonchev–Trinajstić information content (AvgIpc) is 2.27. The van der Waals surface area contributed by atoms with Gasteiger partial charge in [-0.15, -0.1) is 0 Å². The molecular formula is C12H16F3NO. The SMILES string of the molecule is CCOC(C)C(N)c1ccc(C(F)(F)F)cc1. The Morgan fingerprint density at radius 1 is 1.24 bits per heavy atom. The molecule has 5 heteroatoms. The first kappa shape index (κ1) is 14.0. The monoisotopic (exact) mass is 247 g/mol. The number of ether oxygens (including phenoxy) is 1. The summed E-state index contributed by atoms with van der Waals surface area (Å²) in [4.78, 5) is 0. The van der Waals surface area contributed by atoms with Crippen molar-refractivity contribution in [3.63, 3.8) is 0 Å². The Bertz CT molecular complexity index is 348. The van der Waals surface area contributed by atoms with E-state index in [1.807, 2.05) is 6.92 Å². The second-order valence-corrected chi connectivity index (χ2v) is 3.81. The van der Waals surface area contributed by atoms with Crippen LogP contribution in [0.15, 0.2) is 24.3 Å². The van der Waals surface area contributed by atoms with Gasteiger partial charge in [-0.1, -0.05) is 12.1 Å². The van der Waals surface area contributed by atoms with Crippen molar-refractivity contribution in [1.82, 2.24) is 0 Å².